The van der Waals surface area contributed by atoms with Crippen molar-refractivity contribution >= 4 is 5.91 Å². The molecule has 0 aliphatic carbocycles. The Morgan fingerprint density at radius 1 is 1.38 bits per heavy atom. The van der Waals surface area contributed by atoms with E-state index in [1.165, 1.54) is 0 Å². The predicted octanol–water partition coefficient (Wildman–Crippen LogP) is 1.85. The molecule has 0 heterocycles. The number of halogens is 3. The Hall–Kier alpha value is -0.780. The van der Waals surface area contributed by atoms with E-state index in [9.17, 15) is 18.0 Å². The van der Waals surface area contributed by atoms with Crippen LogP contribution in [0.25, 0.3) is 0 Å². The van der Waals surface area contributed by atoms with Gasteiger partial charge in [0.05, 0.1) is 12.0 Å². The fourth-order valence-electron chi connectivity index (χ4n) is 1.09. The van der Waals surface area contributed by atoms with Crippen LogP contribution in [0.15, 0.2) is 0 Å². The number of carbonyl (C=O) groups excluding carboxylic acids is 1. The van der Waals surface area contributed by atoms with Gasteiger partial charge in [-0.05, 0) is 19.8 Å². The molecule has 2 unspecified atom stereocenters. The molecule has 6 heteroatoms. The number of aliphatic hydroxyl groups is 1. The van der Waals surface area contributed by atoms with E-state index in [1.807, 2.05) is 0 Å². The van der Waals surface area contributed by atoms with Crippen LogP contribution in [-0.4, -0.2) is 29.8 Å². The van der Waals surface area contributed by atoms with Gasteiger partial charge in [0.2, 0.25) is 5.91 Å². The highest BCUT2D eigenvalue weighted by Crippen LogP contribution is 2.27. The maximum atomic E-state index is 12.1. The molecule has 0 aliphatic rings. The smallest absolute Gasteiger partial charge is 0.392 e. The van der Waals surface area contributed by atoms with Gasteiger partial charge >= 0.3 is 6.18 Å². The largest absolute Gasteiger partial charge is 0.393 e. The molecule has 0 spiro atoms. The summed E-state index contributed by atoms with van der Waals surface area (Å²) in [5.41, 5.74) is 0. The molecule has 0 aromatic heterocycles. The fourth-order valence-corrected chi connectivity index (χ4v) is 1.09. The summed E-state index contributed by atoms with van der Waals surface area (Å²) in [7, 11) is 0. The molecule has 0 radical (unpaired) electrons. The summed E-state index contributed by atoms with van der Waals surface area (Å²) in [5, 5.41) is 11.3. The number of rotatable bonds is 6. The minimum Gasteiger partial charge on any atom is -0.393 e. The zero-order chi connectivity index (χ0) is 12.8. The van der Waals surface area contributed by atoms with Crippen molar-refractivity contribution in [2.75, 3.05) is 6.54 Å². The highest BCUT2D eigenvalue weighted by molar-refractivity contribution is 5.76. The Kier molecular flexibility index (Phi) is 6.40. The molecule has 0 bridgehead atoms. The van der Waals surface area contributed by atoms with E-state index in [2.05, 4.69) is 5.32 Å². The average molecular weight is 241 g/mol. The lowest BCUT2D eigenvalue weighted by molar-refractivity contribution is -0.174. The number of nitrogens with one attached hydrogen (secondary N) is 1. The zero-order valence-electron chi connectivity index (χ0n) is 9.47. The molecule has 3 nitrogen and oxygen atoms in total. The number of carbonyl (C=O) groups is 1. The number of hydrogen-bond acceptors (Lipinski definition) is 2. The number of aliphatic hydroxyl groups excluding tert-OH is 1. The lowest BCUT2D eigenvalue weighted by Gasteiger charge is -2.15. The molecule has 0 saturated heterocycles. The van der Waals surface area contributed by atoms with Crippen molar-refractivity contribution in [3.05, 3.63) is 0 Å². The molecule has 16 heavy (non-hydrogen) atoms. The van der Waals surface area contributed by atoms with Gasteiger partial charge in [-0.1, -0.05) is 6.92 Å². The van der Waals surface area contributed by atoms with E-state index >= 15 is 0 Å². The molecule has 2 N–H and O–H groups in total. The van der Waals surface area contributed by atoms with Gasteiger partial charge in [-0.3, -0.25) is 4.79 Å². The van der Waals surface area contributed by atoms with Crippen LogP contribution in [0.5, 0.6) is 0 Å². The third kappa shape index (κ3) is 7.50. The minimum absolute atomic E-state index is 0.300. The van der Waals surface area contributed by atoms with E-state index in [1.54, 1.807) is 6.92 Å². The summed E-state index contributed by atoms with van der Waals surface area (Å²) in [6.07, 6.45) is -4.24. The third-order valence-electron chi connectivity index (χ3n) is 2.17. The van der Waals surface area contributed by atoms with E-state index in [0.29, 0.717) is 19.4 Å². The van der Waals surface area contributed by atoms with E-state index in [4.69, 9.17) is 5.11 Å². The van der Waals surface area contributed by atoms with Crippen LogP contribution in [0.4, 0.5) is 13.2 Å². The normalized spacial score (nSPS) is 15.6. The second kappa shape index (κ2) is 6.73. The van der Waals surface area contributed by atoms with Crippen molar-refractivity contribution in [1.82, 2.24) is 5.32 Å². The molecule has 0 aliphatic heterocycles. The summed E-state index contributed by atoms with van der Waals surface area (Å²) in [6, 6.07) is 0. The molecular weight excluding hydrogens is 223 g/mol. The van der Waals surface area contributed by atoms with Crippen molar-refractivity contribution < 1.29 is 23.1 Å². The van der Waals surface area contributed by atoms with Gasteiger partial charge in [0, 0.05) is 13.0 Å². The number of hydrogen-bond donors (Lipinski definition) is 2. The lowest BCUT2D eigenvalue weighted by atomic mass is 10.1. The average Bonchev–Trinajstić information content (AvgIpc) is 2.10. The first-order valence-electron chi connectivity index (χ1n) is 5.25. The zero-order valence-corrected chi connectivity index (χ0v) is 9.47. The van der Waals surface area contributed by atoms with Gasteiger partial charge in [-0.15, -0.1) is 0 Å². The summed E-state index contributed by atoms with van der Waals surface area (Å²) in [4.78, 5) is 11.1. The highest BCUT2D eigenvalue weighted by atomic mass is 19.4. The summed E-state index contributed by atoms with van der Waals surface area (Å²) in [6.45, 7) is 2.90. The monoisotopic (exact) mass is 241 g/mol. The van der Waals surface area contributed by atoms with Gasteiger partial charge in [-0.2, -0.15) is 13.2 Å². The topological polar surface area (TPSA) is 49.3 Å². The van der Waals surface area contributed by atoms with Gasteiger partial charge in [-0.25, -0.2) is 0 Å². The molecule has 0 fully saturated rings. The van der Waals surface area contributed by atoms with Gasteiger partial charge in [0.15, 0.2) is 0 Å². The molecule has 2 atom stereocenters. The second-order valence-corrected chi connectivity index (χ2v) is 3.99. The maximum absolute atomic E-state index is 12.1. The summed E-state index contributed by atoms with van der Waals surface area (Å²) >= 11 is 0. The van der Waals surface area contributed by atoms with Crippen LogP contribution in [-0.2, 0) is 4.79 Å². The van der Waals surface area contributed by atoms with E-state index in [-0.39, 0.29) is 0 Å². The molecular formula is C10H18F3NO2. The Balaban J connectivity index is 3.67. The van der Waals surface area contributed by atoms with Crippen molar-refractivity contribution in [2.45, 2.75) is 45.4 Å². The quantitative estimate of drug-likeness (QED) is 0.697. The molecule has 0 aromatic carbocycles. The maximum Gasteiger partial charge on any atom is 0.392 e. The minimum atomic E-state index is -4.32. The molecule has 0 rings (SSSR count). The fraction of sp³-hybridized carbons (Fsp3) is 0.900. The highest BCUT2D eigenvalue weighted by Gasteiger charge is 2.36. The second-order valence-electron chi connectivity index (χ2n) is 3.99. The van der Waals surface area contributed by atoms with Gasteiger partial charge in [0.1, 0.15) is 0 Å². The van der Waals surface area contributed by atoms with Gasteiger partial charge in [0.25, 0.3) is 0 Å². The van der Waals surface area contributed by atoms with E-state index < -0.39 is 30.5 Å². The van der Waals surface area contributed by atoms with Gasteiger partial charge < -0.3 is 10.4 Å². The predicted molar refractivity (Wildman–Crippen MR) is 53.8 cm³/mol. The first kappa shape index (κ1) is 15.2. The first-order valence-corrected chi connectivity index (χ1v) is 5.25. The summed E-state index contributed by atoms with van der Waals surface area (Å²) < 4.78 is 36.3. The van der Waals surface area contributed by atoms with Crippen molar-refractivity contribution in [1.29, 1.82) is 0 Å². The van der Waals surface area contributed by atoms with Crippen molar-refractivity contribution in [3.63, 3.8) is 0 Å². The van der Waals surface area contributed by atoms with Crippen LogP contribution < -0.4 is 5.32 Å². The molecule has 96 valence electrons. The van der Waals surface area contributed by atoms with Crippen molar-refractivity contribution in [2.24, 2.45) is 5.92 Å². The van der Waals surface area contributed by atoms with Crippen LogP contribution >= 0.6 is 0 Å². The van der Waals surface area contributed by atoms with E-state index in [0.717, 1.165) is 6.92 Å². The van der Waals surface area contributed by atoms with Crippen molar-refractivity contribution in [3.8, 4) is 0 Å². The Morgan fingerprint density at radius 3 is 2.38 bits per heavy atom. The molecule has 0 aromatic rings. The molecule has 1 amide bonds. The van der Waals surface area contributed by atoms with Crippen LogP contribution in [0, 0.1) is 5.92 Å². The summed E-state index contributed by atoms with van der Waals surface area (Å²) in [5.74, 6) is -2.22. The first-order chi connectivity index (χ1) is 7.23. The SMILES string of the molecule is CC(O)CCCNC(=O)CC(C)C(F)(F)F. The number of alkyl halides is 3. The Labute approximate surface area is 93.0 Å². The third-order valence-corrected chi connectivity index (χ3v) is 2.17. The van der Waals surface area contributed by atoms with Crippen LogP contribution in [0.2, 0.25) is 0 Å². The number of amides is 1. The van der Waals surface area contributed by atoms with Crippen LogP contribution in [0.3, 0.4) is 0 Å². The standard InChI is InChI=1S/C10H18F3NO2/c1-7(10(11,12)13)6-9(16)14-5-3-4-8(2)15/h7-8,15H,3-6H2,1-2H3,(H,14,16). The lowest BCUT2D eigenvalue weighted by Crippen LogP contribution is -2.31. The Morgan fingerprint density at radius 2 is 1.94 bits per heavy atom. The van der Waals surface area contributed by atoms with Crippen LogP contribution in [0.1, 0.15) is 33.1 Å². The molecule has 0 saturated carbocycles. The Bertz CT molecular complexity index is 217.